The van der Waals surface area contributed by atoms with Crippen molar-refractivity contribution in [2.75, 3.05) is 13.2 Å². The predicted octanol–water partition coefficient (Wildman–Crippen LogP) is 1.62. The molecule has 1 atom stereocenters. The van der Waals surface area contributed by atoms with Crippen LogP contribution in [0.1, 0.15) is 18.5 Å². The molecule has 0 aliphatic carbocycles. The first-order chi connectivity index (χ1) is 9.47. The van der Waals surface area contributed by atoms with Crippen molar-refractivity contribution in [3.05, 3.63) is 46.2 Å². The van der Waals surface area contributed by atoms with E-state index in [1.165, 1.54) is 11.8 Å². The Morgan fingerprint density at radius 2 is 1.95 bits per heavy atom. The number of hydrogen-bond donors (Lipinski definition) is 2. The van der Waals surface area contributed by atoms with Crippen LogP contribution in [0.3, 0.4) is 0 Å². The quantitative estimate of drug-likeness (QED) is 0.885. The fourth-order valence-corrected chi connectivity index (χ4v) is 2.47. The largest absolute Gasteiger partial charge is 0.503 e. The molecule has 1 amide bonds. The summed E-state index contributed by atoms with van der Waals surface area (Å²) in [6.07, 6.45) is 0. The van der Waals surface area contributed by atoms with E-state index in [2.05, 4.69) is 0 Å². The summed E-state index contributed by atoms with van der Waals surface area (Å²) in [6.45, 7) is 1.07. The van der Waals surface area contributed by atoms with Gasteiger partial charge in [-0.3, -0.25) is 9.59 Å². The molecule has 106 valence electrons. The van der Waals surface area contributed by atoms with Gasteiger partial charge in [0.05, 0.1) is 18.2 Å². The van der Waals surface area contributed by atoms with Gasteiger partial charge in [0.25, 0.3) is 5.91 Å². The van der Waals surface area contributed by atoms with Gasteiger partial charge in [-0.1, -0.05) is 23.7 Å². The first kappa shape index (κ1) is 14.6. The van der Waals surface area contributed by atoms with Crippen LogP contribution in [0, 0.1) is 0 Å². The molecule has 0 radical (unpaired) electrons. The summed E-state index contributed by atoms with van der Waals surface area (Å²) in [5, 5.41) is 19.5. The molecule has 2 N–H and O–H groups in total. The van der Waals surface area contributed by atoms with Crippen LogP contribution in [0.5, 0.6) is 0 Å². The first-order valence-electron chi connectivity index (χ1n) is 6.08. The summed E-state index contributed by atoms with van der Waals surface area (Å²) in [5.41, 5.74) is 0.705. The van der Waals surface area contributed by atoms with Crippen LogP contribution in [0.15, 0.2) is 35.6 Å². The van der Waals surface area contributed by atoms with Crippen LogP contribution in [0.4, 0.5) is 0 Å². The van der Waals surface area contributed by atoms with Gasteiger partial charge in [0.15, 0.2) is 11.5 Å². The van der Waals surface area contributed by atoms with E-state index in [0.29, 0.717) is 10.6 Å². The Kier molecular flexibility index (Phi) is 4.11. The predicted molar refractivity (Wildman–Crippen MR) is 73.3 cm³/mol. The molecule has 0 aromatic heterocycles. The Balaban J connectivity index is 2.51. The zero-order chi connectivity index (χ0) is 14.9. The normalized spacial score (nSPS) is 18.9. The summed E-state index contributed by atoms with van der Waals surface area (Å²) >= 11 is 5.82. The highest BCUT2D eigenvalue weighted by Crippen LogP contribution is 2.37. The maximum atomic E-state index is 12.0. The Morgan fingerprint density at radius 3 is 2.45 bits per heavy atom. The zero-order valence-corrected chi connectivity index (χ0v) is 11.6. The minimum Gasteiger partial charge on any atom is -0.503 e. The summed E-state index contributed by atoms with van der Waals surface area (Å²) in [7, 11) is 0. The van der Waals surface area contributed by atoms with Gasteiger partial charge in [-0.05, 0) is 24.6 Å². The van der Waals surface area contributed by atoms with Crippen molar-refractivity contribution in [3.63, 3.8) is 0 Å². The third kappa shape index (κ3) is 2.42. The number of aliphatic hydroxyl groups is 2. The van der Waals surface area contributed by atoms with Crippen molar-refractivity contribution in [3.8, 4) is 0 Å². The van der Waals surface area contributed by atoms with E-state index in [4.69, 9.17) is 16.7 Å². The molecule has 1 aromatic carbocycles. The van der Waals surface area contributed by atoms with Gasteiger partial charge in [-0.15, -0.1) is 0 Å². The van der Waals surface area contributed by atoms with Gasteiger partial charge in [0, 0.05) is 11.6 Å². The maximum Gasteiger partial charge on any atom is 0.290 e. The lowest BCUT2D eigenvalue weighted by Crippen LogP contribution is -2.33. The van der Waals surface area contributed by atoms with Crippen LogP contribution in [-0.4, -0.2) is 40.0 Å². The second kappa shape index (κ2) is 5.64. The van der Waals surface area contributed by atoms with E-state index in [9.17, 15) is 14.7 Å². The van der Waals surface area contributed by atoms with E-state index in [1.807, 2.05) is 0 Å². The summed E-state index contributed by atoms with van der Waals surface area (Å²) in [5.74, 6) is -1.58. The molecule has 0 fully saturated rings. The molecule has 6 heteroatoms. The lowest BCUT2D eigenvalue weighted by molar-refractivity contribution is -0.129. The smallest absolute Gasteiger partial charge is 0.290 e. The number of β-amino-alcohol motifs (C(OH)–C–C–N with tert-alkyl or cyclic N) is 1. The molecule has 0 saturated heterocycles. The molecule has 1 heterocycles. The molecule has 0 spiro atoms. The lowest BCUT2D eigenvalue weighted by Gasteiger charge is -2.25. The molecular formula is C14H14ClNO4. The van der Waals surface area contributed by atoms with Crippen LogP contribution >= 0.6 is 11.6 Å². The highest BCUT2D eigenvalue weighted by molar-refractivity contribution is 6.30. The molecule has 2 rings (SSSR count). The van der Waals surface area contributed by atoms with Crippen molar-refractivity contribution in [1.82, 2.24) is 4.90 Å². The number of rotatable bonds is 4. The zero-order valence-electron chi connectivity index (χ0n) is 10.8. The number of ketones is 1. The van der Waals surface area contributed by atoms with Crippen molar-refractivity contribution >= 4 is 23.3 Å². The third-order valence-corrected chi connectivity index (χ3v) is 3.46. The Hall–Kier alpha value is -1.85. The number of aliphatic hydroxyl groups excluding tert-OH is 2. The molecule has 1 aromatic rings. The maximum absolute atomic E-state index is 12.0. The average molecular weight is 296 g/mol. The minimum atomic E-state index is -0.690. The van der Waals surface area contributed by atoms with E-state index in [1.54, 1.807) is 24.3 Å². The average Bonchev–Trinajstić information content (AvgIpc) is 2.65. The van der Waals surface area contributed by atoms with Crippen molar-refractivity contribution in [2.45, 2.75) is 13.0 Å². The molecule has 1 aliphatic heterocycles. The number of benzene rings is 1. The van der Waals surface area contributed by atoms with Gasteiger partial charge >= 0.3 is 0 Å². The molecule has 0 saturated carbocycles. The van der Waals surface area contributed by atoms with Crippen molar-refractivity contribution in [1.29, 1.82) is 0 Å². The topological polar surface area (TPSA) is 77.8 Å². The van der Waals surface area contributed by atoms with Gasteiger partial charge in [-0.25, -0.2) is 0 Å². The number of carbonyl (C=O) groups excluding carboxylic acids is 2. The number of hydrogen-bond acceptors (Lipinski definition) is 4. The fourth-order valence-electron chi connectivity index (χ4n) is 2.34. The first-order valence-corrected chi connectivity index (χ1v) is 6.46. The Morgan fingerprint density at radius 1 is 1.35 bits per heavy atom. The highest BCUT2D eigenvalue weighted by Gasteiger charge is 2.41. The third-order valence-electron chi connectivity index (χ3n) is 3.21. The number of carbonyl (C=O) groups is 2. The molecule has 5 nitrogen and oxygen atoms in total. The highest BCUT2D eigenvalue weighted by atomic mass is 35.5. The van der Waals surface area contributed by atoms with Gasteiger partial charge in [-0.2, -0.15) is 0 Å². The van der Waals surface area contributed by atoms with Gasteiger partial charge < -0.3 is 15.1 Å². The standard InChI is InChI=1S/C14H14ClNO4/c1-8(18)11-12(9-2-4-10(15)5-3-9)16(6-7-17)14(20)13(11)19/h2-5,12,17,19H,6-7H2,1H3/t12-/m0/s1. The van der Waals surface area contributed by atoms with E-state index >= 15 is 0 Å². The Bertz CT molecular complexity index is 579. The second-order valence-electron chi connectivity index (χ2n) is 4.49. The lowest BCUT2D eigenvalue weighted by atomic mass is 9.97. The second-order valence-corrected chi connectivity index (χ2v) is 4.93. The molecule has 0 bridgehead atoms. The summed E-state index contributed by atoms with van der Waals surface area (Å²) in [6, 6.07) is 5.97. The van der Waals surface area contributed by atoms with Crippen LogP contribution in [0.2, 0.25) is 5.02 Å². The summed E-state index contributed by atoms with van der Waals surface area (Å²) in [4.78, 5) is 25.0. The van der Waals surface area contributed by atoms with Gasteiger partial charge in [0.1, 0.15) is 0 Å². The number of Topliss-reactive ketones (excluding diaryl/α,β-unsaturated/α-hetero) is 1. The minimum absolute atomic E-state index is 0.0347. The Labute approximate surface area is 121 Å². The van der Waals surface area contributed by atoms with Crippen LogP contribution in [-0.2, 0) is 9.59 Å². The van der Waals surface area contributed by atoms with Crippen LogP contribution in [0.25, 0.3) is 0 Å². The summed E-state index contributed by atoms with van der Waals surface area (Å²) < 4.78 is 0. The fraction of sp³-hybridized carbons (Fsp3) is 0.286. The molecule has 20 heavy (non-hydrogen) atoms. The number of nitrogens with zero attached hydrogens (tertiary/aromatic N) is 1. The molecule has 1 aliphatic rings. The van der Waals surface area contributed by atoms with E-state index < -0.39 is 17.7 Å². The molecule has 0 unspecified atom stereocenters. The van der Waals surface area contributed by atoms with Gasteiger partial charge in [0.2, 0.25) is 0 Å². The van der Waals surface area contributed by atoms with E-state index in [-0.39, 0.29) is 24.5 Å². The molecular weight excluding hydrogens is 282 g/mol. The number of amides is 1. The SMILES string of the molecule is CC(=O)C1=C(O)C(=O)N(CCO)[C@H]1c1ccc(Cl)cc1. The van der Waals surface area contributed by atoms with Crippen molar-refractivity contribution < 1.29 is 19.8 Å². The van der Waals surface area contributed by atoms with E-state index in [0.717, 1.165) is 0 Å². The van der Waals surface area contributed by atoms with Crippen LogP contribution < -0.4 is 0 Å². The van der Waals surface area contributed by atoms with Crippen molar-refractivity contribution in [2.24, 2.45) is 0 Å². The monoisotopic (exact) mass is 295 g/mol. The number of halogens is 1.